The van der Waals surface area contributed by atoms with Crippen molar-refractivity contribution in [1.82, 2.24) is 9.88 Å². The lowest BCUT2D eigenvalue weighted by atomic mass is 10.0. The predicted molar refractivity (Wildman–Crippen MR) is 207 cm³/mol. The van der Waals surface area contributed by atoms with E-state index in [0.717, 1.165) is 48.7 Å². The van der Waals surface area contributed by atoms with Crippen LogP contribution >= 0.6 is 7.82 Å². The Bertz CT molecular complexity index is 1330. The van der Waals surface area contributed by atoms with Crippen LogP contribution in [-0.2, 0) is 34.3 Å². The minimum Gasteiger partial charge on any atom is -0.462 e. The maximum absolute atomic E-state index is 13.0. The maximum atomic E-state index is 13.0. The van der Waals surface area contributed by atoms with E-state index in [0.29, 0.717) is 23.2 Å². The highest BCUT2D eigenvalue weighted by molar-refractivity contribution is 7.47. The molecule has 1 aromatic carbocycles. The van der Waals surface area contributed by atoms with Crippen molar-refractivity contribution in [2.75, 3.05) is 68.1 Å². The molecular formula is C39H69N3O9P+. The molecule has 2 atom stereocenters. The van der Waals surface area contributed by atoms with Crippen molar-refractivity contribution in [2.45, 2.75) is 122 Å². The number of hydrogen-bond acceptors (Lipinski definition) is 9. The first-order valence-electron chi connectivity index (χ1n) is 19.5. The largest absolute Gasteiger partial charge is 0.514 e. The molecule has 2 aromatic rings. The zero-order valence-electron chi connectivity index (χ0n) is 33.0. The van der Waals surface area contributed by atoms with Gasteiger partial charge < -0.3 is 33.5 Å². The van der Waals surface area contributed by atoms with Crippen molar-refractivity contribution in [1.29, 1.82) is 0 Å². The fraction of sp³-hybridized carbons (Fsp3) is 0.744. The molecule has 0 fully saturated rings. The molecule has 0 amide bonds. The van der Waals surface area contributed by atoms with E-state index in [2.05, 4.69) is 16.8 Å². The minimum absolute atomic E-state index is 0.0179. The fourth-order valence-corrected chi connectivity index (χ4v) is 6.50. The minimum atomic E-state index is -4.47. The van der Waals surface area contributed by atoms with Gasteiger partial charge in [0.15, 0.2) is 6.10 Å². The van der Waals surface area contributed by atoms with Gasteiger partial charge in [0.1, 0.15) is 25.5 Å². The van der Waals surface area contributed by atoms with Crippen LogP contribution in [0.2, 0.25) is 0 Å². The summed E-state index contributed by atoms with van der Waals surface area (Å²) in [6.45, 7) is 2.60. The molecule has 0 bridgehead atoms. The van der Waals surface area contributed by atoms with Crippen LogP contribution in [0.5, 0.6) is 5.75 Å². The van der Waals surface area contributed by atoms with E-state index in [4.69, 9.17) is 23.3 Å². The first-order chi connectivity index (χ1) is 24.8. The highest BCUT2D eigenvalue weighted by Crippen LogP contribution is 2.43. The summed E-state index contributed by atoms with van der Waals surface area (Å²) in [5.41, 5.74) is 1.78. The molecule has 2 N–H and O–H groups in total. The summed E-state index contributed by atoms with van der Waals surface area (Å²) < 4.78 is 39.9. The Kier molecular flexibility index (Phi) is 22.4. The number of nitrogens with one attached hydrogen (secondary N) is 1. The number of esters is 1. The predicted octanol–water partition coefficient (Wildman–Crippen LogP) is 8.80. The number of fused-ring (bicyclic) bond motifs is 1. The number of H-pyrrole nitrogens is 1. The maximum Gasteiger partial charge on any atom is 0.514 e. The standard InChI is InChI=1S/C39H68N3O9P/c1-7-8-9-10-11-12-13-14-15-16-17-18-19-20-21-25-37(43)47-31-34(32-49-52(45,46)48-29-28-42(4,5)6)50-39(44)51-36-24-22-23-35-38(36)33(30-40-35)26-27-41(2)3/h22-24,30,34,40H,7-21,25-29,31-32H2,1-6H3/p+1. The van der Waals surface area contributed by atoms with Crippen molar-refractivity contribution < 1.29 is 46.8 Å². The van der Waals surface area contributed by atoms with Crippen molar-refractivity contribution in [3.63, 3.8) is 0 Å². The summed E-state index contributed by atoms with van der Waals surface area (Å²) in [4.78, 5) is 41.1. The molecule has 0 aliphatic rings. The van der Waals surface area contributed by atoms with Gasteiger partial charge in [-0.1, -0.05) is 103 Å². The van der Waals surface area contributed by atoms with Crippen molar-refractivity contribution in [2.24, 2.45) is 0 Å². The van der Waals surface area contributed by atoms with Crippen LogP contribution in [0.1, 0.15) is 115 Å². The SMILES string of the molecule is CCCCCCCCCCCCCCCCCC(=O)OCC(COP(=O)(O)OCC[N+](C)(C)C)OC(=O)Oc1cccc2[nH]cc(CCN(C)C)c12. The quantitative estimate of drug-likeness (QED) is 0.0262. The Morgan fingerprint density at radius 1 is 0.865 bits per heavy atom. The molecule has 298 valence electrons. The molecule has 0 saturated carbocycles. The summed E-state index contributed by atoms with van der Waals surface area (Å²) in [6.07, 6.45) is 19.1. The molecule has 0 aliphatic heterocycles. The monoisotopic (exact) mass is 754 g/mol. The molecule has 2 unspecified atom stereocenters. The molecule has 0 aliphatic carbocycles. The van der Waals surface area contributed by atoms with E-state index in [1.807, 2.05) is 47.5 Å². The second-order valence-corrected chi connectivity index (χ2v) is 16.6. The number of benzene rings is 1. The number of ether oxygens (including phenoxy) is 3. The number of carbonyl (C=O) groups excluding carboxylic acids is 2. The third-order valence-corrected chi connectivity index (χ3v) is 9.87. The van der Waals surface area contributed by atoms with Gasteiger partial charge in [-0.2, -0.15) is 0 Å². The zero-order valence-corrected chi connectivity index (χ0v) is 33.9. The van der Waals surface area contributed by atoms with E-state index >= 15 is 0 Å². The molecular weight excluding hydrogens is 685 g/mol. The number of carbonyl (C=O) groups is 2. The van der Waals surface area contributed by atoms with E-state index in [1.165, 1.54) is 70.6 Å². The molecule has 0 radical (unpaired) electrons. The van der Waals surface area contributed by atoms with Crippen LogP contribution in [0, 0.1) is 0 Å². The number of nitrogens with zero attached hydrogens (tertiary/aromatic N) is 2. The van der Waals surface area contributed by atoms with Gasteiger partial charge in [-0.05, 0) is 44.6 Å². The Morgan fingerprint density at radius 2 is 1.46 bits per heavy atom. The Hall–Kier alpha value is -2.47. The number of aromatic nitrogens is 1. The molecule has 0 saturated heterocycles. The van der Waals surface area contributed by atoms with Crippen LogP contribution in [-0.4, -0.2) is 106 Å². The normalized spacial score (nSPS) is 13.7. The lowest BCUT2D eigenvalue weighted by Gasteiger charge is -2.24. The molecule has 0 spiro atoms. The number of hydrogen-bond donors (Lipinski definition) is 2. The summed E-state index contributed by atoms with van der Waals surface area (Å²) >= 11 is 0. The van der Waals surface area contributed by atoms with Crippen molar-refractivity contribution in [3.8, 4) is 5.75 Å². The van der Waals surface area contributed by atoms with Crippen LogP contribution < -0.4 is 4.74 Å². The van der Waals surface area contributed by atoms with Gasteiger partial charge in [0.25, 0.3) is 0 Å². The zero-order chi connectivity index (χ0) is 38.2. The van der Waals surface area contributed by atoms with Gasteiger partial charge >= 0.3 is 19.9 Å². The Labute approximate surface area is 313 Å². The highest BCUT2D eigenvalue weighted by atomic mass is 31.2. The Balaban J connectivity index is 1.82. The van der Waals surface area contributed by atoms with Crippen LogP contribution in [0.15, 0.2) is 24.4 Å². The van der Waals surface area contributed by atoms with Crippen LogP contribution in [0.3, 0.4) is 0 Å². The number of unbranched alkanes of at least 4 members (excludes halogenated alkanes) is 14. The van der Waals surface area contributed by atoms with Gasteiger partial charge in [0.2, 0.25) is 0 Å². The van der Waals surface area contributed by atoms with Crippen molar-refractivity contribution >= 4 is 30.9 Å². The molecule has 13 heteroatoms. The van der Waals surface area contributed by atoms with Gasteiger partial charge in [-0.15, -0.1) is 0 Å². The fourth-order valence-electron chi connectivity index (χ4n) is 5.76. The van der Waals surface area contributed by atoms with E-state index in [9.17, 15) is 19.0 Å². The van der Waals surface area contributed by atoms with Gasteiger partial charge in [0.05, 0.1) is 27.7 Å². The molecule has 2 rings (SSSR count). The molecule has 1 heterocycles. The summed E-state index contributed by atoms with van der Waals surface area (Å²) in [6, 6.07) is 5.31. The number of rotatable bonds is 30. The average Bonchev–Trinajstić information content (AvgIpc) is 3.50. The first-order valence-corrected chi connectivity index (χ1v) is 21.0. The number of quaternary nitrogens is 1. The smallest absolute Gasteiger partial charge is 0.462 e. The van der Waals surface area contributed by atoms with Gasteiger partial charge in [-0.3, -0.25) is 13.8 Å². The average molecular weight is 755 g/mol. The number of aromatic amines is 1. The van der Waals surface area contributed by atoms with Crippen LogP contribution in [0.25, 0.3) is 10.9 Å². The Morgan fingerprint density at radius 3 is 2.04 bits per heavy atom. The summed E-state index contributed by atoms with van der Waals surface area (Å²) in [7, 11) is 5.27. The third-order valence-electron chi connectivity index (χ3n) is 8.89. The summed E-state index contributed by atoms with van der Waals surface area (Å²) in [5.74, 6) is -0.135. The second kappa shape index (κ2) is 25.5. The molecule has 1 aromatic heterocycles. The van der Waals surface area contributed by atoms with E-state index < -0.39 is 32.7 Å². The van der Waals surface area contributed by atoms with E-state index in [-0.39, 0.29) is 19.6 Å². The van der Waals surface area contributed by atoms with Crippen molar-refractivity contribution in [3.05, 3.63) is 30.0 Å². The number of phosphoric ester groups is 1. The van der Waals surface area contributed by atoms with Gasteiger partial charge in [-0.25, -0.2) is 9.36 Å². The number of likely N-dealkylation sites (N-methyl/N-ethyl adjacent to an activating group) is 2. The highest BCUT2D eigenvalue weighted by Gasteiger charge is 2.28. The molecule has 12 nitrogen and oxygen atoms in total. The van der Waals surface area contributed by atoms with Gasteiger partial charge in [0, 0.05) is 30.1 Å². The second-order valence-electron chi connectivity index (χ2n) is 15.1. The number of phosphoric acid groups is 1. The molecule has 52 heavy (non-hydrogen) atoms. The topological polar surface area (TPSA) is 137 Å². The first kappa shape index (κ1) is 45.7. The van der Waals surface area contributed by atoms with E-state index in [1.54, 1.807) is 12.1 Å². The lowest BCUT2D eigenvalue weighted by Crippen LogP contribution is -2.37. The third kappa shape index (κ3) is 21.3. The van der Waals surface area contributed by atoms with Crippen LogP contribution in [0.4, 0.5) is 4.79 Å². The lowest BCUT2D eigenvalue weighted by molar-refractivity contribution is -0.870. The summed E-state index contributed by atoms with van der Waals surface area (Å²) in [5, 5.41) is 0.759.